The molecule has 1 rings (SSSR count). The number of aromatic carboxylic acids is 1. The lowest BCUT2D eigenvalue weighted by Crippen LogP contribution is -2.39. The first-order valence-corrected chi connectivity index (χ1v) is 4.71. The Balaban J connectivity index is 2.91. The Morgan fingerprint density at radius 1 is 1.29 bits per heavy atom. The van der Waals surface area contributed by atoms with E-state index in [1.807, 2.05) is 0 Å². The maximum Gasteiger partial charge on any atom is 0.337 e. The van der Waals surface area contributed by atoms with Gasteiger partial charge in [-0.15, -0.1) is 0 Å². The normalized spacial score (nSPS) is 10.1. The molecule has 92 valence electrons. The molecule has 2 amide bonds. The molecule has 0 atom stereocenters. The Labute approximate surface area is 97.6 Å². The molecule has 0 bridgehead atoms. The van der Waals surface area contributed by atoms with Crippen molar-refractivity contribution in [3.63, 3.8) is 0 Å². The fraction of sp³-hybridized carbons (Fsp3) is 0.200. The van der Waals surface area contributed by atoms with Crippen molar-refractivity contribution in [2.24, 2.45) is 0 Å². The smallest absolute Gasteiger partial charge is 0.337 e. The zero-order valence-corrected chi connectivity index (χ0v) is 9.39. The number of benzene rings is 1. The minimum Gasteiger partial charge on any atom is -0.508 e. The second kappa shape index (κ2) is 5.17. The Morgan fingerprint density at radius 3 is 2.47 bits per heavy atom. The lowest BCUT2D eigenvalue weighted by atomic mass is 10.1. The number of aromatic hydroxyl groups is 1. The number of rotatable bonds is 3. The van der Waals surface area contributed by atoms with Gasteiger partial charge in [0.25, 0.3) is 0 Å². The molecule has 0 saturated heterocycles. The summed E-state index contributed by atoms with van der Waals surface area (Å²) in [6.07, 6.45) is 0. The molecule has 7 nitrogen and oxygen atoms in total. The molecule has 0 saturated carbocycles. The van der Waals surface area contributed by atoms with Crippen molar-refractivity contribution >= 4 is 17.7 Å². The summed E-state index contributed by atoms with van der Waals surface area (Å²) in [4.78, 5) is 22.2. The van der Waals surface area contributed by atoms with Gasteiger partial charge in [0.2, 0.25) is 0 Å². The zero-order chi connectivity index (χ0) is 13.0. The van der Waals surface area contributed by atoms with Crippen LogP contribution in [-0.4, -0.2) is 41.3 Å². The van der Waals surface area contributed by atoms with Crippen LogP contribution >= 0.6 is 0 Å². The fourth-order valence-corrected chi connectivity index (χ4v) is 1.17. The summed E-state index contributed by atoms with van der Waals surface area (Å²) in [6, 6.07) is 3.10. The van der Waals surface area contributed by atoms with E-state index in [1.165, 1.54) is 17.1 Å². The molecule has 17 heavy (non-hydrogen) atoms. The van der Waals surface area contributed by atoms with Crippen LogP contribution in [0.1, 0.15) is 10.4 Å². The number of amides is 2. The van der Waals surface area contributed by atoms with E-state index in [-0.39, 0.29) is 17.0 Å². The highest BCUT2D eigenvalue weighted by Gasteiger charge is 2.13. The minimum absolute atomic E-state index is 0.106. The van der Waals surface area contributed by atoms with Crippen molar-refractivity contribution in [2.75, 3.05) is 19.4 Å². The molecule has 0 aliphatic carbocycles. The van der Waals surface area contributed by atoms with Crippen molar-refractivity contribution in [1.29, 1.82) is 0 Å². The van der Waals surface area contributed by atoms with Gasteiger partial charge >= 0.3 is 12.0 Å². The maximum absolute atomic E-state index is 11.4. The average Bonchev–Trinajstić information content (AvgIpc) is 2.19. The molecular formula is C10H13N3O4. The van der Waals surface area contributed by atoms with Gasteiger partial charge in [0.05, 0.1) is 11.3 Å². The van der Waals surface area contributed by atoms with Crippen molar-refractivity contribution in [1.82, 2.24) is 10.4 Å². The largest absolute Gasteiger partial charge is 0.508 e. The summed E-state index contributed by atoms with van der Waals surface area (Å²) < 4.78 is 0. The highest BCUT2D eigenvalue weighted by molar-refractivity contribution is 6.00. The number of phenolic OH excluding ortho intramolecular Hbond substituents is 1. The molecular weight excluding hydrogens is 226 g/mol. The standard InChI is InChI=1S/C10H13N3O4/c1-13(2)12-10(17)11-8-4-3-6(14)5-7(8)9(15)16/h3-5,14H,1-2H3,(H,15,16)(H2,11,12,17). The molecule has 4 N–H and O–H groups in total. The Hall–Kier alpha value is -2.28. The highest BCUT2D eigenvalue weighted by Crippen LogP contribution is 2.21. The van der Waals surface area contributed by atoms with E-state index in [2.05, 4.69) is 10.7 Å². The molecule has 1 aromatic carbocycles. The minimum atomic E-state index is -1.24. The van der Waals surface area contributed by atoms with E-state index < -0.39 is 12.0 Å². The van der Waals surface area contributed by atoms with Crippen molar-refractivity contribution in [2.45, 2.75) is 0 Å². The van der Waals surface area contributed by atoms with Gasteiger partial charge in [-0.2, -0.15) is 0 Å². The third-order valence-corrected chi connectivity index (χ3v) is 1.81. The Bertz CT molecular complexity index is 445. The summed E-state index contributed by atoms with van der Waals surface area (Å²) >= 11 is 0. The van der Waals surface area contributed by atoms with E-state index >= 15 is 0 Å². The van der Waals surface area contributed by atoms with Crippen molar-refractivity contribution in [3.8, 4) is 5.75 Å². The molecule has 0 radical (unpaired) electrons. The van der Waals surface area contributed by atoms with Crippen molar-refractivity contribution < 1.29 is 19.8 Å². The van der Waals surface area contributed by atoms with Crippen molar-refractivity contribution in [3.05, 3.63) is 23.8 Å². The maximum atomic E-state index is 11.4. The summed E-state index contributed by atoms with van der Waals surface area (Å²) in [5.41, 5.74) is 2.32. The Morgan fingerprint density at radius 2 is 1.94 bits per heavy atom. The first kappa shape index (κ1) is 12.8. The number of nitrogens with zero attached hydrogens (tertiary/aromatic N) is 1. The van der Waals surface area contributed by atoms with Gasteiger partial charge in [0, 0.05) is 14.1 Å². The van der Waals surface area contributed by atoms with Crippen LogP contribution in [0.25, 0.3) is 0 Å². The van der Waals surface area contributed by atoms with E-state index in [1.54, 1.807) is 14.1 Å². The number of anilines is 1. The molecule has 0 aliphatic rings. The predicted octanol–water partition coefficient (Wildman–Crippen LogP) is 0.689. The second-order valence-corrected chi connectivity index (χ2v) is 3.50. The van der Waals surface area contributed by atoms with Gasteiger partial charge in [-0.3, -0.25) is 5.43 Å². The molecule has 0 aromatic heterocycles. The summed E-state index contributed by atoms with van der Waals surface area (Å²) in [5.74, 6) is -1.41. The molecule has 7 heteroatoms. The number of phenols is 1. The number of carbonyl (C=O) groups excluding carboxylic acids is 1. The van der Waals surface area contributed by atoms with Crippen LogP contribution in [0, 0.1) is 0 Å². The van der Waals surface area contributed by atoms with E-state index in [9.17, 15) is 9.59 Å². The first-order chi connectivity index (χ1) is 7.90. The highest BCUT2D eigenvalue weighted by atomic mass is 16.4. The topological polar surface area (TPSA) is 102 Å². The first-order valence-electron chi connectivity index (χ1n) is 4.71. The zero-order valence-electron chi connectivity index (χ0n) is 9.39. The Kier molecular flexibility index (Phi) is 3.89. The van der Waals surface area contributed by atoms with Crippen LogP contribution in [0.5, 0.6) is 5.75 Å². The molecule has 0 unspecified atom stereocenters. The predicted molar refractivity (Wildman–Crippen MR) is 60.9 cm³/mol. The molecule has 0 spiro atoms. The number of carbonyl (C=O) groups is 2. The fourth-order valence-electron chi connectivity index (χ4n) is 1.17. The van der Waals surface area contributed by atoms with Crippen LogP contribution < -0.4 is 10.7 Å². The van der Waals surface area contributed by atoms with Gasteiger partial charge in [-0.05, 0) is 18.2 Å². The van der Waals surface area contributed by atoms with E-state index in [0.29, 0.717) is 0 Å². The van der Waals surface area contributed by atoms with E-state index in [4.69, 9.17) is 10.2 Å². The number of nitrogens with one attached hydrogen (secondary N) is 2. The van der Waals surface area contributed by atoms with Crippen LogP contribution in [0.3, 0.4) is 0 Å². The van der Waals surface area contributed by atoms with E-state index in [0.717, 1.165) is 6.07 Å². The third kappa shape index (κ3) is 3.65. The number of carboxylic acids is 1. The van der Waals surface area contributed by atoms with Crippen LogP contribution in [0.4, 0.5) is 10.5 Å². The SMILES string of the molecule is CN(C)NC(=O)Nc1ccc(O)cc1C(=O)O. The monoisotopic (exact) mass is 239 g/mol. The molecule has 1 aromatic rings. The van der Waals surface area contributed by atoms with Crippen LogP contribution in [0.2, 0.25) is 0 Å². The molecule has 0 fully saturated rings. The number of hydrazine groups is 1. The molecule has 0 aliphatic heterocycles. The molecule has 0 heterocycles. The number of urea groups is 1. The summed E-state index contributed by atoms with van der Waals surface area (Å²) in [6.45, 7) is 0. The van der Waals surface area contributed by atoms with Crippen LogP contribution in [-0.2, 0) is 0 Å². The summed E-state index contributed by atoms with van der Waals surface area (Å²) in [7, 11) is 3.24. The number of carboxylic acid groups (broad SMARTS) is 1. The van der Waals surface area contributed by atoms with Gasteiger partial charge in [-0.25, -0.2) is 14.6 Å². The van der Waals surface area contributed by atoms with Gasteiger partial charge in [0.15, 0.2) is 0 Å². The van der Waals surface area contributed by atoms with Crippen LogP contribution in [0.15, 0.2) is 18.2 Å². The van der Waals surface area contributed by atoms with Gasteiger partial charge in [-0.1, -0.05) is 0 Å². The lowest BCUT2D eigenvalue weighted by Gasteiger charge is -2.14. The number of hydrogen-bond acceptors (Lipinski definition) is 4. The number of hydrogen-bond donors (Lipinski definition) is 4. The van der Waals surface area contributed by atoms with Gasteiger partial charge in [0.1, 0.15) is 5.75 Å². The summed E-state index contributed by atoms with van der Waals surface area (Å²) in [5, 5.41) is 21.8. The lowest BCUT2D eigenvalue weighted by molar-refractivity contribution is 0.0697. The second-order valence-electron chi connectivity index (χ2n) is 3.50. The third-order valence-electron chi connectivity index (χ3n) is 1.81. The average molecular weight is 239 g/mol. The quantitative estimate of drug-likeness (QED) is 0.459. The van der Waals surface area contributed by atoms with Gasteiger partial charge < -0.3 is 15.5 Å².